The number of aromatic amines is 1. The van der Waals surface area contributed by atoms with Gasteiger partial charge < -0.3 is 10.2 Å². The predicted molar refractivity (Wildman–Crippen MR) is 131 cm³/mol. The Balaban J connectivity index is 1.32. The lowest BCUT2D eigenvalue weighted by atomic mass is 9.94. The van der Waals surface area contributed by atoms with Crippen LogP contribution in [0.25, 0.3) is 33.7 Å². The van der Waals surface area contributed by atoms with Crippen molar-refractivity contribution in [2.75, 3.05) is 39.8 Å². The van der Waals surface area contributed by atoms with E-state index in [9.17, 15) is 4.39 Å². The van der Waals surface area contributed by atoms with Gasteiger partial charge in [0.15, 0.2) is 5.82 Å². The largest absolute Gasteiger partial charge is 0.312 e. The molecule has 2 aromatic heterocycles. The van der Waals surface area contributed by atoms with Gasteiger partial charge in [0.05, 0.1) is 11.8 Å². The fourth-order valence-corrected chi connectivity index (χ4v) is 4.96. The summed E-state index contributed by atoms with van der Waals surface area (Å²) in [5.74, 6) is 0.136. The minimum Gasteiger partial charge on any atom is -0.312 e. The molecule has 7 nitrogen and oxygen atoms in total. The summed E-state index contributed by atoms with van der Waals surface area (Å²) in [5, 5.41) is 10.9. The predicted octanol–water partition coefficient (Wildman–Crippen LogP) is 3.22. The van der Waals surface area contributed by atoms with Crippen molar-refractivity contribution in [2.24, 2.45) is 0 Å². The number of halogens is 1. The molecule has 0 atom stereocenters. The molecule has 0 amide bonds. The molecule has 2 aliphatic heterocycles. The van der Waals surface area contributed by atoms with Gasteiger partial charge in [-0.2, -0.15) is 5.10 Å². The van der Waals surface area contributed by atoms with E-state index in [1.54, 1.807) is 6.20 Å². The number of hydrogen-bond donors (Lipinski definition) is 2. The van der Waals surface area contributed by atoms with Crippen molar-refractivity contribution in [2.45, 2.75) is 19.5 Å². The average molecular weight is 458 g/mol. The van der Waals surface area contributed by atoms with Crippen LogP contribution in [0.15, 0.2) is 42.6 Å². The Labute approximate surface area is 198 Å². The van der Waals surface area contributed by atoms with Gasteiger partial charge in [0.1, 0.15) is 22.5 Å². The Hall–Kier alpha value is -3.20. The van der Waals surface area contributed by atoms with E-state index in [0.717, 1.165) is 80.1 Å². The highest BCUT2D eigenvalue weighted by Gasteiger charge is 2.21. The van der Waals surface area contributed by atoms with Crippen molar-refractivity contribution < 1.29 is 4.39 Å². The summed E-state index contributed by atoms with van der Waals surface area (Å²) < 4.78 is 14.9. The number of aromatic nitrogens is 4. The molecule has 0 bridgehead atoms. The van der Waals surface area contributed by atoms with Crippen molar-refractivity contribution in [1.29, 1.82) is 0 Å². The Bertz CT molecular complexity index is 1320. The average Bonchev–Trinajstić information content (AvgIpc) is 3.29. The van der Waals surface area contributed by atoms with Crippen LogP contribution >= 0.6 is 0 Å². The molecule has 2 aromatic carbocycles. The first-order valence-electron chi connectivity index (χ1n) is 11.9. The lowest BCUT2D eigenvalue weighted by Gasteiger charge is -2.32. The molecule has 2 aliphatic rings. The van der Waals surface area contributed by atoms with Gasteiger partial charge in [0.25, 0.3) is 0 Å². The molecule has 1 saturated heterocycles. The van der Waals surface area contributed by atoms with E-state index in [-0.39, 0.29) is 5.82 Å². The molecule has 4 aromatic rings. The highest BCUT2D eigenvalue weighted by atomic mass is 19.1. The maximum atomic E-state index is 14.9. The van der Waals surface area contributed by atoms with E-state index >= 15 is 0 Å². The van der Waals surface area contributed by atoms with Crippen LogP contribution in [-0.4, -0.2) is 69.7 Å². The SMILES string of the molecule is CN1CCN(Cc2ccc(-c3n[nH]c4cnc(-c5c(F)ccc6c5CCNC6)nc34)cc2)CC1. The number of rotatable bonds is 4. The first-order valence-corrected chi connectivity index (χ1v) is 11.9. The van der Waals surface area contributed by atoms with Crippen LogP contribution in [0.3, 0.4) is 0 Å². The van der Waals surface area contributed by atoms with E-state index < -0.39 is 0 Å². The molecule has 6 rings (SSSR count). The van der Waals surface area contributed by atoms with Crippen molar-refractivity contribution in [1.82, 2.24) is 35.3 Å². The second kappa shape index (κ2) is 8.87. The summed E-state index contributed by atoms with van der Waals surface area (Å²) in [5.41, 5.74) is 7.10. The van der Waals surface area contributed by atoms with E-state index in [4.69, 9.17) is 4.98 Å². The number of fused-ring (bicyclic) bond motifs is 2. The molecule has 0 aliphatic carbocycles. The van der Waals surface area contributed by atoms with Gasteiger partial charge in [0.2, 0.25) is 0 Å². The van der Waals surface area contributed by atoms with Crippen molar-refractivity contribution >= 4 is 11.0 Å². The molecule has 1 fully saturated rings. The van der Waals surface area contributed by atoms with E-state index in [1.165, 1.54) is 11.6 Å². The molecule has 34 heavy (non-hydrogen) atoms. The van der Waals surface area contributed by atoms with E-state index in [2.05, 4.69) is 61.6 Å². The summed E-state index contributed by atoms with van der Waals surface area (Å²) in [6.45, 7) is 6.93. The summed E-state index contributed by atoms with van der Waals surface area (Å²) in [7, 11) is 2.17. The molecule has 8 heteroatoms. The summed E-state index contributed by atoms with van der Waals surface area (Å²) in [4.78, 5) is 14.1. The topological polar surface area (TPSA) is 73.0 Å². The number of piperazine rings is 1. The first kappa shape index (κ1) is 21.3. The van der Waals surface area contributed by atoms with Crippen LogP contribution in [0.5, 0.6) is 0 Å². The molecule has 0 spiro atoms. The number of H-pyrrole nitrogens is 1. The molecule has 0 unspecified atom stereocenters. The normalized spacial score (nSPS) is 17.2. The van der Waals surface area contributed by atoms with Gasteiger partial charge in [-0.3, -0.25) is 10.00 Å². The van der Waals surface area contributed by atoms with Crippen LogP contribution in [0.2, 0.25) is 0 Å². The van der Waals surface area contributed by atoms with Gasteiger partial charge in [-0.1, -0.05) is 30.3 Å². The van der Waals surface area contributed by atoms with Gasteiger partial charge in [-0.15, -0.1) is 0 Å². The van der Waals surface area contributed by atoms with Crippen LogP contribution in [-0.2, 0) is 19.5 Å². The number of nitrogens with zero attached hydrogens (tertiary/aromatic N) is 5. The molecule has 0 radical (unpaired) electrons. The molecular weight excluding hydrogens is 429 g/mol. The smallest absolute Gasteiger partial charge is 0.163 e. The Kier molecular flexibility index (Phi) is 5.57. The van der Waals surface area contributed by atoms with Crippen LogP contribution in [0, 0.1) is 5.82 Å². The quantitative estimate of drug-likeness (QED) is 0.490. The first-order chi connectivity index (χ1) is 16.7. The number of nitrogens with one attached hydrogen (secondary N) is 2. The van der Waals surface area contributed by atoms with Crippen molar-refractivity contribution in [3.05, 3.63) is 65.1 Å². The Morgan fingerprint density at radius 2 is 1.85 bits per heavy atom. The number of likely N-dealkylation sites (N-methyl/N-ethyl adjacent to an activating group) is 1. The molecule has 4 heterocycles. The molecule has 2 N–H and O–H groups in total. The minimum atomic E-state index is -0.279. The van der Waals surface area contributed by atoms with E-state index in [1.807, 2.05) is 6.07 Å². The summed E-state index contributed by atoms with van der Waals surface area (Å²) in [6, 6.07) is 11.9. The zero-order valence-electron chi connectivity index (χ0n) is 19.3. The highest BCUT2D eigenvalue weighted by Crippen LogP contribution is 2.32. The van der Waals surface area contributed by atoms with Crippen LogP contribution < -0.4 is 5.32 Å². The van der Waals surface area contributed by atoms with Crippen LogP contribution in [0.1, 0.15) is 16.7 Å². The second-order valence-corrected chi connectivity index (χ2v) is 9.29. The van der Waals surface area contributed by atoms with Crippen molar-refractivity contribution in [3.8, 4) is 22.6 Å². The monoisotopic (exact) mass is 457 g/mol. The van der Waals surface area contributed by atoms with Crippen LogP contribution in [0.4, 0.5) is 4.39 Å². The van der Waals surface area contributed by atoms with E-state index in [0.29, 0.717) is 16.9 Å². The Morgan fingerprint density at radius 3 is 2.68 bits per heavy atom. The molecule has 0 saturated carbocycles. The summed E-state index contributed by atoms with van der Waals surface area (Å²) >= 11 is 0. The van der Waals surface area contributed by atoms with Gasteiger partial charge in [-0.25, -0.2) is 14.4 Å². The molecule has 174 valence electrons. The van der Waals surface area contributed by atoms with Gasteiger partial charge >= 0.3 is 0 Å². The number of hydrogen-bond acceptors (Lipinski definition) is 6. The van der Waals surface area contributed by atoms with Gasteiger partial charge in [0, 0.05) is 44.8 Å². The van der Waals surface area contributed by atoms with Crippen molar-refractivity contribution in [3.63, 3.8) is 0 Å². The lowest BCUT2D eigenvalue weighted by molar-refractivity contribution is 0.148. The maximum Gasteiger partial charge on any atom is 0.163 e. The highest BCUT2D eigenvalue weighted by molar-refractivity contribution is 5.90. The zero-order valence-corrected chi connectivity index (χ0v) is 19.3. The number of benzene rings is 2. The maximum absolute atomic E-state index is 14.9. The second-order valence-electron chi connectivity index (χ2n) is 9.29. The fraction of sp³-hybridized carbons (Fsp3) is 0.346. The fourth-order valence-electron chi connectivity index (χ4n) is 4.96. The third-order valence-corrected chi connectivity index (χ3v) is 6.98. The summed E-state index contributed by atoms with van der Waals surface area (Å²) in [6.07, 6.45) is 2.46. The minimum absolute atomic E-state index is 0.279. The third-order valence-electron chi connectivity index (χ3n) is 6.98. The lowest BCUT2D eigenvalue weighted by Crippen LogP contribution is -2.43. The molecular formula is C26H28FN7. The third kappa shape index (κ3) is 3.98. The zero-order chi connectivity index (χ0) is 23.1. The standard InChI is InChI=1S/C26H28FN7/c1-33-10-12-34(13-11-33)16-17-2-4-18(5-3-17)24-25-22(31-32-24)15-29-26(30-25)23-20-8-9-28-14-19(20)6-7-21(23)27/h2-7,15,28H,8-14,16H2,1H3,(H,31,32). The Morgan fingerprint density at radius 1 is 1.03 bits per heavy atom. The van der Waals surface area contributed by atoms with Gasteiger partial charge in [-0.05, 0) is 42.8 Å².